The highest BCUT2D eigenvalue weighted by molar-refractivity contribution is 7.84. The van der Waals surface area contributed by atoms with Crippen molar-refractivity contribution in [1.29, 1.82) is 0 Å². The van der Waals surface area contributed by atoms with Crippen LogP contribution in [0.25, 0.3) is 0 Å². The molecule has 0 aliphatic carbocycles. The molecule has 6 nitrogen and oxygen atoms in total. The molecule has 0 N–H and O–H groups in total. The van der Waals surface area contributed by atoms with Crippen LogP contribution >= 0.6 is 0 Å². The van der Waals surface area contributed by atoms with Gasteiger partial charge in [0.1, 0.15) is 6.61 Å². The van der Waals surface area contributed by atoms with E-state index in [-0.39, 0.29) is 24.0 Å². The fourth-order valence-electron chi connectivity index (χ4n) is 4.20. The first kappa shape index (κ1) is 23.5. The standard InChI is InChI=1S/C26H31NO5S/c1-25(2,3)18-14-20-22-19(24(28)31-16-17-10-8-7-9-11-17)12-13-27(22)33(29,30)32-23(20)21(15-18)26(4,5)6/h7-12,14-15,22H,13,16H2,1-6H3. The second-order valence-corrected chi connectivity index (χ2v) is 12.2. The Morgan fingerprint density at radius 3 is 2.33 bits per heavy atom. The minimum atomic E-state index is -4.06. The summed E-state index contributed by atoms with van der Waals surface area (Å²) in [7, 11) is -4.06. The third kappa shape index (κ3) is 4.44. The lowest BCUT2D eigenvalue weighted by atomic mass is 9.77. The molecule has 0 amide bonds. The van der Waals surface area contributed by atoms with Crippen molar-refractivity contribution in [2.24, 2.45) is 0 Å². The molecule has 176 valence electrons. The van der Waals surface area contributed by atoms with Gasteiger partial charge in [0.15, 0.2) is 5.75 Å². The fraction of sp³-hybridized carbons (Fsp3) is 0.423. The van der Waals surface area contributed by atoms with Gasteiger partial charge in [-0.3, -0.25) is 0 Å². The predicted octanol–water partition coefficient (Wildman–Crippen LogP) is 4.95. The first-order valence-electron chi connectivity index (χ1n) is 11.1. The van der Waals surface area contributed by atoms with Gasteiger partial charge in [-0.05, 0) is 28.0 Å². The molecule has 0 saturated carbocycles. The van der Waals surface area contributed by atoms with Crippen LogP contribution in [-0.4, -0.2) is 25.2 Å². The van der Waals surface area contributed by atoms with Crippen molar-refractivity contribution in [2.45, 2.75) is 65.0 Å². The summed E-state index contributed by atoms with van der Waals surface area (Å²) in [5, 5.41) is 0. The molecule has 7 heteroatoms. The Labute approximate surface area is 196 Å². The summed E-state index contributed by atoms with van der Waals surface area (Å²) in [6.07, 6.45) is 1.63. The van der Waals surface area contributed by atoms with Crippen LogP contribution in [0.2, 0.25) is 0 Å². The second-order valence-electron chi connectivity index (χ2n) is 10.7. The highest BCUT2D eigenvalue weighted by atomic mass is 32.2. The molecular formula is C26H31NO5S. The molecule has 2 aromatic rings. The third-order valence-corrected chi connectivity index (χ3v) is 7.40. The van der Waals surface area contributed by atoms with Crippen molar-refractivity contribution in [1.82, 2.24) is 4.31 Å². The van der Waals surface area contributed by atoms with Gasteiger partial charge in [-0.1, -0.05) is 84.0 Å². The summed E-state index contributed by atoms with van der Waals surface area (Å²) in [6.45, 7) is 12.6. The summed E-state index contributed by atoms with van der Waals surface area (Å²) in [4.78, 5) is 13.1. The van der Waals surface area contributed by atoms with E-state index in [1.165, 1.54) is 4.31 Å². The maximum absolute atomic E-state index is 13.1. The zero-order valence-corrected chi connectivity index (χ0v) is 20.8. The second kappa shape index (κ2) is 7.99. The number of hydrogen-bond donors (Lipinski definition) is 0. The molecule has 0 bridgehead atoms. The van der Waals surface area contributed by atoms with E-state index in [0.717, 1.165) is 16.7 Å². The first-order chi connectivity index (χ1) is 15.3. The van der Waals surface area contributed by atoms with Crippen molar-refractivity contribution in [3.05, 3.63) is 76.4 Å². The molecule has 0 saturated heterocycles. The van der Waals surface area contributed by atoms with Gasteiger partial charge in [0.05, 0.1) is 11.6 Å². The van der Waals surface area contributed by atoms with Gasteiger partial charge in [0, 0.05) is 17.7 Å². The lowest BCUT2D eigenvalue weighted by molar-refractivity contribution is -0.140. The smallest absolute Gasteiger partial charge is 0.386 e. The molecule has 0 aromatic heterocycles. The van der Waals surface area contributed by atoms with Gasteiger partial charge in [0.25, 0.3) is 0 Å². The Morgan fingerprint density at radius 2 is 1.73 bits per heavy atom. The number of nitrogens with zero attached hydrogens (tertiary/aromatic N) is 1. The van der Waals surface area contributed by atoms with E-state index < -0.39 is 22.3 Å². The normalized spacial score (nSPS) is 19.8. The molecule has 4 rings (SSSR count). The van der Waals surface area contributed by atoms with Crippen LogP contribution in [0.4, 0.5) is 0 Å². The van der Waals surface area contributed by atoms with Gasteiger partial charge in [-0.15, -0.1) is 0 Å². The van der Waals surface area contributed by atoms with Crippen LogP contribution in [0, 0.1) is 0 Å². The van der Waals surface area contributed by atoms with Crippen LogP contribution in [0.1, 0.15) is 69.8 Å². The first-order valence-corrected chi connectivity index (χ1v) is 12.5. The molecule has 2 aromatic carbocycles. The predicted molar refractivity (Wildman–Crippen MR) is 127 cm³/mol. The topological polar surface area (TPSA) is 72.9 Å². The van der Waals surface area contributed by atoms with Crippen molar-refractivity contribution in [3.8, 4) is 5.75 Å². The van der Waals surface area contributed by atoms with Crippen molar-refractivity contribution in [3.63, 3.8) is 0 Å². The van der Waals surface area contributed by atoms with Gasteiger partial charge >= 0.3 is 16.3 Å². The van der Waals surface area contributed by atoms with E-state index in [1.54, 1.807) is 6.08 Å². The number of rotatable bonds is 3. The van der Waals surface area contributed by atoms with Crippen molar-refractivity contribution >= 4 is 16.3 Å². The number of fused-ring (bicyclic) bond motifs is 3. The average molecular weight is 470 g/mol. The van der Waals surface area contributed by atoms with Gasteiger partial charge < -0.3 is 8.92 Å². The van der Waals surface area contributed by atoms with E-state index in [2.05, 4.69) is 20.8 Å². The van der Waals surface area contributed by atoms with Gasteiger partial charge in [-0.25, -0.2) is 4.79 Å². The van der Waals surface area contributed by atoms with E-state index in [9.17, 15) is 13.2 Å². The maximum atomic E-state index is 13.1. The summed E-state index contributed by atoms with van der Waals surface area (Å²) < 4.78 is 38.5. The lowest BCUT2D eigenvalue weighted by Gasteiger charge is -2.36. The van der Waals surface area contributed by atoms with Crippen LogP contribution in [0.15, 0.2) is 54.1 Å². The zero-order valence-electron chi connectivity index (χ0n) is 20.0. The van der Waals surface area contributed by atoms with Crippen LogP contribution < -0.4 is 4.18 Å². The van der Waals surface area contributed by atoms with Crippen LogP contribution in [-0.2, 0) is 37.3 Å². The lowest BCUT2D eigenvalue weighted by Crippen LogP contribution is -2.41. The van der Waals surface area contributed by atoms with Gasteiger partial charge in [-0.2, -0.15) is 12.7 Å². The Kier molecular flexibility index (Phi) is 5.69. The molecular weight excluding hydrogens is 438 g/mol. The molecule has 1 atom stereocenters. The highest BCUT2D eigenvalue weighted by Crippen LogP contribution is 2.50. The minimum Gasteiger partial charge on any atom is -0.457 e. The minimum absolute atomic E-state index is 0.0623. The Hall–Kier alpha value is -2.64. The number of ether oxygens (including phenoxy) is 1. The summed E-state index contributed by atoms with van der Waals surface area (Å²) in [6, 6.07) is 12.6. The van der Waals surface area contributed by atoms with E-state index >= 15 is 0 Å². The Morgan fingerprint density at radius 1 is 1.06 bits per heavy atom. The molecule has 0 radical (unpaired) electrons. The summed E-state index contributed by atoms with van der Waals surface area (Å²) in [5.41, 5.74) is 3.19. The number of carbonyl (C=O) groups excluding carboxylic acids is 1. The average Bonchev–Trinajstić information content (AvgIpc) is 3.17. The van der Waals surface area contributed by atoms with E-state index in [1.807, 2.05) is 63.2 Å². The zero-order chi connectivity index (χ0) is 24.2. The number of benzene rings is 2. The third-order valence-electron chi connectivity index (χ3n) is 6.08. The molecule has 1 unspecified atom stereocenters. The molecule has 2 aliphatic rings. The van der Waals surface area contributed by atoms with Crippen LogP contribution in [0.5, 0.6) is 5.75 Å². The molecule has 0 fully saturated rings. The van der Waals surface area contributed by atoms with Crippen LogP contribution in [0.3, 0.4) is 0 Å². The molecule has 2 heterocycles. The molecule has 0 spiro atoms. The Balaban J connectivity index is 1.80. The summed E-state index contributed by atoms with van der Waals surface area (Å²) >= 11 is 0. The molecule has 2 aliphatic heterocycles. The SMILES string of the molecule is CC(C)(C)c1cc2c(c(C(C)(C)C)c1)OS(=O)(=O)N1CC=C(C(=O)OCc3ccccc3)C21. The van der Waals surface area contributed by atoms with E-state index in [0.29, 0.717) is 16.9 Å². The van der Waals surface area contributed by atoms with Crippen molar-refractivity contribution < 1.29 is 22.1 Å². The summed E-state index contributed by atoms with van der Waals surface area (Å²) in [5.74, 6) is -0.201. The maximum Gasteiger partial charge on any atom is 0.386 e. The highest BCUT2D eigenvalue weighted by Gasteiger charge is 2.48. The fourth-order valence-corrected chi connectivity index (χ4v) is 5.43. The quantitative estimate of drug-likeness (QED) is 0.595. The van der Waals surface area contributed by atoms with Gasteiger partial charge in [0.2, 0.25) is 0 Å². The number of esters is 1. The number of carbonyl (C=O) groups is 1. The largest absolute Gasteiger partial charge is 0.457 e. The Bertz CT molecular complexity index is 1220. The number of hydrogen-bond acceptors (Lipinski definition) is 5. The van der Waals surface area contributed by atoms with Crippen molar-refractivity contribution in [2.75, 3.05) is 6.54 Å². The van der Waals surface area contributed by atoms with E-state index in [4.69, 9.17) is 8.92 Å². The molecule has 33 heavy (non-hydrogen) atoms. The monoisotopic (exact) mass is 469 g/mol.